The van der Waals surface area contributed by atoms with Gasteiger partial charge in [0.2, 0.25) is 0 Å². The number of methoxy groups -OCH3 is 1. The fourth-order valence-corrected chi connectivity index (χ4v) is 1.17. The van der Waals surface area contributed by atoms with Crippen LogP contribution in [0.3, 0.4) is 0 Å². The zero-order valence-corrected chi connectivity index (χ0v) is 10.0. The Morgan fingerprint density at radius 3 is 2.65 bits per heavy atom. The third kappa shape index (κ3) is 3.22. The van der Waals surface area contributed by atoms with Gasteiger partial charge in [0.05, 0.1) is 12.8 Å². The van der Waals surface area contributed by atoms with Gasteiger partial charge in [0.25, 0.3) is 5.91 Å². The van der Waals surface area contributed by atoms with E-state index in [1.54, 1.807) is 18.2 Å². The summed E-state index contributed by atoms with van der Waals surface area (Å²) in [5.41, 5.74) is -1.02. The molecule has 0 unspecified atom stereocenters. The van der Waals surface area contributed by atoms with Crippen molar-refractivity contribution in [2.45, 2.75) is 19.5 Å². The summed E-state index contributed by atoms with van der Waals surface area (Å²) in [6.45, 7) is 2.36. The number of anilines is 1. The van der Waals surface area contributed by atoms with Crippen LogP contribution in [0, 0.1) is 12.3 Å². The lowest BCUT2D eigenvalue weighted by atomic mass is 10.1. The van der Waals surface area contributed by atoms with E-state index in [4.69, 9.17) is 11.2 Å². The Morgan fingerprint density at radius 2 is 2.18 bits per heavy atom. The van der Waals surface area contributed by atoms with E-state index < -0.39 is 11.6 Å². The number of carbonyl (C=O) groups excluding carboxylic acids is 1. The van der Waals surface area contributed by atoms with Crippen molar-refractivity contribution in [3.63, 3.8) is 0 Å². The van der Waals surface area contributed by atoms with E-state index >= 15 is 0 Å². The zero-order valence-electron chi connectivity index (χ0n) is 10.0. The lowest BCUT2D eigenvalue weighted by molar-refractivity contribution is -0.125. The Kier molecular flexibility index (Phi) is 3.74. The van der Waals surface area contributed by atoms with Gasteiger partial charge in [-0.25, -0.2) is 4.39 Å². The molecule has 0 aliphatic heterocycles. The molecule has 17 heavy (non-hydrogen) atoms. The quantitative estimate of drug-likeness (QED) is 0.817. The standard InChI is InChI=1S/C13H14FNO2/c1-5-9-6-7-11(17-4)10(8-9)15-12(16)13(2,3)14/h1,6-8H,2-4H3,(H,15,16). The fourth-order valence-electron chi connectivity index (χ4n) is 1.17. The molecule has 3 nitrogen and oxygen atoms in total. The average Bonchev–Trinajstić information content (AvgIpc) is 2.27. The number of halogens is 1. The number of amides is 1. The molecule has 1 N–H and O–H groups in total. The highest BCUT2D eigenvalue weighted by atomic mass is 19.1. The second-order valence-electron chi connectivity index (χ2n) is 3.99. The van der Waals surface area contributed by atoms with Crippen molar-refractivity contribution >= 4 is 11.6 Å². The summed E-state index contributed by atoms with van der Waals surface area (Å²) in [6, 6.07) is 4.85. The molecule has 0 bridgehead atoms. The highest BCUT2D eigenvalue weighted by Gasteiger charge is 2.27. The van der Waals surface area contributed by atoms with Gasteiger partial charge in [-0.3, -0.25) is 4.79 Å². The van der Waals surface area contributed by atoms with Gasteiger partial charge in [-0.15, -0.1) is 6.42 Å². The number of nitrogens with one attached hydrogen (secondary N) is 1. The first-order valence-electron chi connectivity index (χ1n) is 5.03. The van der Waals surface area contributed by atoms with E-state index in [1.807, 2.05) is 0 Å². The van der Waals surface area contributed by atoms with Crippen molar-refractivity contribution in [1.82, 2.24) is 0 Å². The lowest BCUT2D eigenvalue weighted by Crippen LogP contribution is -2.32. The molecule has 0 aliphatic carbocycles. The molecule has 0 aliphatic rings. The van der Waals surface area contributed by atoms with Gasteiger partial charge < -0.3 is 10.1 Å². The van der Waals surface area contributed by atoms with Crippen LogP contribution in [0.4, 0.5) is 10.1 Å². The Balaban J connectivity index is 3.05. The minimum absolute atomic E-state index is 0.360. The number of ether oxygens (including phenoxy) is 1. The highest BCUT2D eigenvalue weighted by molar-refractivity contribution is 5.97. The molecule has 1 amide bonds. The first-order valence-corrected chi connectivity index (χ1v) is 5.03. The molecule has 0 spiro atoms. The zero-order chi connectivity index (χ0) is 13.1. The summed E-state index contributed by atoms with van der Waals surface area (Å²) in [6.07, 6.45) is 5.25. The number of benzene rings is 1. The first kappa shape index (κ1) is 13.0. The summed E-state index contributed by atoms with van der Waals surface area (Å²) in [5.74, 6) is 2.12. The van der Waals surface area contributed by atoms with E-state index in [0.29, 0.717) is 17.0 Å². The van der Waals surface area contributed by atoms with Gasteiger partial charge in [-0.05, 0) is 32.0 Å². The van der Waals surface area contributed by atoms with E-state index in [2.05, 4.69) is 11.2 Å². The Labute approximate surface area is 100.0 Å². The predicted molar refractivity (Wildman–Crippen MR) is 64.7 cm³/mol. The minimum Gasteiger partial charge on any atom is -0.495 e. The van der Waals surface area contributed by atoms with E-state index in [9.17, 15) is 9.18 Å². The molecule has 4 heteroatoms. The maximum Gasteiger partial charge on any atom is 0.261 e. The van der Waals surface area contributed by atoms with Gasteiger partial charge in [-0.2, -0.15) is 0 Å². The van der Waals surface area contributed by atoms with Crippen LogP contribution < -0.4 is 10.1 Å². The number of carbonyl (C=O) groups is 1. The molecule has 0 heterocycles. The third-order valence-corrected chi connectivity index (χ3v) is 2.15. The topological polar surface area (TPSA) is 38.3 Å². The normalized spacial score (nSPS) is 10.5. The van der Waals surface area contributed by atoms with Crippen LogP contribution in [0.25, 0.3) is 0 Å². The fraction of sp³-hybridized carbons (Fsp3) is 0.308. The SMILES string of the molecule is C#Cc1ccc(OC)c(NC(=O)C(C)(C)F)c1. The van der Waals surface area contributed by atoms with Gasteiger partial charge in [0, 0.05) is 5.56 Å². The number of terminal acetylenes is 1. The second-order valence-corrected chi connectivity index (χ2v) is 3.99. The van der Waals surface area contributed by atoms with Crippen molar-refractivity contribution in [3.05, 3.63) is 23.8 Å². The van der Waals surface area contributed by atoms with Crippen LogP contribution in [0.5, 0.6) is 5.75 Å². The van der Waals surface area contributed by atoms with Crippen LogP contribution in [0.1, 0.15) is 19.4 Å². The summed E-state index contributed by atoms with van der Waals surface area (Å²) in [4.78, 5) is 11.5. The minimum atomic E-state index is -1.96. The van der Waals surface area contributed by atoms with Crippen LogP contribution in [0.15, 0.2) is 18.2 Å². The van der Waals surface area contributed by atoms with Crippen LogP contribution >= 0.6 is 0 Å². The number of alkyl halides is 1. The number of hydrogen-bond donors (Lipinski definition) is 1. The van der Waals surface area contributed by atoms with Crippen molar-refractivity contribution in [1.29, 1.82) is 0 Å². The maximum absolute atomic E-state index is 13.4. The molecule has 1 rings (SSSR count). The molecule has 0 saturated carbocycles. The van der Waals surface area contributed by atoms with Gasteiger partial charge in [0.1, 0.15) is 5.75 Å². The Bertz CT molecular complexity index is 469. The van der Waals surface area contributed by atoms with Crippen LogP contribution in [-0.2, 0) is 4.79 Å². The monoisotopic (exact) mass is 235 g/mol. The van der Waals surface area contributed by atoms with Crippen LogP contribution in [-0.4, -0.2) is 18.7 Å². The highest BCUT2D eigenvalue weighted by Crippen LogP contribution is 2.26. The van der Waals surface area contributed by atoms with Crippen molar-refractivity contribution < 1.29 is 13.9 Å². The van der Waals surface area contributed by atoms with Crippen molar-refractivity contribution in [3.8, 4) is 18.1 Å². The molecule has 0 saturated heterocycles. The molecule has 0 aromatic heterocycles. The summed E-state index contributed by atoms with van der Waals surface area (Å²) in [7, 11) is 1.46. The molecule has 1 aromatic carbocycles. The maximum atomic E-state index is 13.4. The number of rotatable bonds is 3. The first-order chi connectivity index (χ1) is 7.88. The molecular formula is C13H14FNO2. The Morgan fingerprint density at radius 1 is 1.53 bits per heavy atom. The smallest absolute Gasteiger partial charge is 0.261 e. The molecule has 0 atom stereocenters. The molecule has 90 valence electrons. The summed E-state index contributed by atoms with van der Waals surface area (Å²) in [5, 5.41) is 2.44. The van der Waals surface area contributed by atoms with Gasteiger partial charge in [0.15, 0.2) is 5.67 Å². The van der Waals surface area contributed by atoms with Gasteiger partial charge in [-0.1, -0.05) is 5.92 Å². The molecule has 1 aromatic rings. The molecule has 0 radical (unpaired) electrons. The second kappa shape index (κ2) is 4.88. The third-order valence-electron chi connectivity index (χ3n) is 2.15. The predicted octanol–water partition coefficient (Wildman–Crippen LogP) is 2.36. The summed E-state index contributed by atoms with van der Waals surface area (Å²) >= 11 is 0. The number of hydrogen-bond acceptors (Lipinski definition) is 2. The molecule has 0 fully saturated rings. The van der Waals surface area contributed by atoms with Crippen LogP contribution in [0.2, 0.25) is 0 Å². The average molecular weight is 235 g/mol. The van der Waals surface area contributed by atoms with E-state index in [-0.39, 0.29) is 0 Å². The van der Waals surface area contributed by atoms with Crippen molar-refractivity contribution in [2.75, 3.05) is 12.4 Å². The van der Waals surface area contributed by atoms with E-state index in [0.717, 1.165) is 0 Å². The lowest BCUT2D eigenvalue weighted by Gasteiger charge is -2.16. The summed E-state index contributed by atoms with van der Waals surface area (Å²) < 4.78 is 18.4. The van der Waals surface area contributed by atoms with Crippen molar-refractivity contribution in [2.24, 2.45) is 0 Å². The van der Waals surface area contributed by atoms with E-state index in [1.165, 1.54) is 21.0 Å². The Hall–Kier alpha value is -2.02. The largest absolute Gasteiger partial charge is 0.495 e. The van der Waals surface area contributed by atoms with Gasteiger partial charge >= 0.3 is 0 Å². The molecular weight excluding hydrogens is 221 g/mol.